The number of hydrogen-bond donors (Lipinski definition) is 3. The van der Waals surface area contributed by atoms with Crippen LogP contribution in [0.5, 0.6) is 0 Å². The molecule has 1 rings (SSSR count). The number of benzene rings is 1. The molecule has 0 bridgehead atoms. The molecule has 0 fully saturated rings. The van der Waals surface area contributed by atoms with E-state index < -0.39 is 18.0 Å². The van der Waals surface area contributed by atoms with Crippen LogP contribution in [0.2, 0.25) is 0 Å². The molecule has 0 spiro atoms. The third kappa shape index (κ3) is 4.90. The summed E-state index contributed by atoms with van der Waals surface area (Å²) in [6.45, 7) is 3.81. The van der Waals surface area contributed by atoms with Crippen molar-refractivity contribution in [2.45, 2.75) is 32.7 Å². The van der Waals surface area contributed by atoms with Crippen molar-refractivity contribution in [2.24, 2.45) is 0 Å². The fraction of sp³-hybridized carbons (Fsp3) is 0.385. The number of amides is 2. The van der Waals surface area contributed by atoms with E-state index in [4.69, 9.17) is 5.11 Å². The average molecular weight is 329 g/mol. The van der Waals surface area contributed by atoms with Crippen molar-refractivity contribution < 1.29 is 14.7 Å². The van der Waals surface area contributed by atoms with Crippen LogP contribution in [0.1, 0.15) is 25.3 Å². The molecular weight excluding hydrogens is 312 g/mol. The van der Waals surface area contributed by atoms with Crippen molar-refractivity contribution in [1.29, 1.82) is 0 Å². The molecule has 5 nitrogen and oxygen atoms in total. The first-order chi connectivity index (χ1) is 8.93. The molecule has 1 atom stereocenters. The smallest absolute Gasteiger partial charge is 0.326 e. The van der Waals surface area contributed by atoms with Crippen molar-refractivity contribution in [3.8, 4) is 0 Å². The normalized spacial score (nSPS) is 11.7. The van der Waals surface area contributed by atoms with E-state index in [1.807, 2.05) is 19.9 Å². The van der Waals surface area contributed by atoms with Gasteiger partial charge in [0.2, 0.25) is 0 Å². The zero-order valence-electron chi connectivity index (χ0n) is 10.9. The van der Waals surface area contributed by atoms with Gasteiger partial charge in [0, 0.05) is 10.2 Å². The summed E-state index contributed by atoms with van der Waals surface area (Å²) < 4.78 is 0.883. The van der Waals surface area contributed by atoms with Gasteiger partial charge in [-0.25, -0.2) is 9.59 Å². The molecule has 19 heavy (non-hydrogen) atoms. The zero-order chi connectivity index (χ0) is 14.4. The minimum absolute atomic E-state index is 0.403. The summed E-state index contributed by atoms with van der Waals surface area (Å²) in [6.07, 6.45) is 1.09. The maximum Gasteiger partial charge on any atom is 0.326 e. The van der Waals surface area contributed by atoms with E-state index in [9.17, 15) is 9.59 Å². The Morgan fingerprint density at radius 1 is 1.42 bits per heavy atom. The largest absolute Gasteiger partial charge is 0.480 e. The number of halogens is 1. The third-order valence-electron chi connectivity index (χ3n) is 2.61. The SMILES string of the molecule is CCC[C@@H](NC(=O)Nc1ccc(C)c(Br)c1)C(=O)O. The number of aryl methyl sites for hydroxylation is 1. The van der Waals surface area contributed by atoms with Crippen LogP contribution in [0, 0.1) is 6.92 Å². The van der Waals surface area contributed by atoms with Gasteiger partial charge < -0.3 is 15.7 Å². The van der Waals surface area contributed by atoms with E-state index in [1.54, 1.807) is 12.1 Å². The Labute approximate surface area is 120 Å². The van der Waals surface area contributed by atoms with E-state index in [0.29, 0.717) is 18.5 Å². The van der Waals surface area contributed by atoms with Gasteiger partial charge >= 0.3 is 12.0 Å². The Balaban J connectivity index is 2.63. The second-order valence-electron chi connectivity index (χ2n) is 4.24. The highest BCUT2D eigenvalue weighted by Crippen LogP contribution is 2.20. The lowest BCUT2D eigenvalue weighted by atomic mass is 10.2. The summed E-state index contributed by atoms with van der Waals surface area (Å²) >= 11 is 3.37. The summed E-state index contributed by atoms with van der Waals surface area (Å²) in [5.74, 6) is -1.03. The minimum Gasteiger partial charge on any atom is -0.480 e. The lowest BCUT2D eigenvalue weighted by Gasteiger charge is -2.14. The van der Waals surface area contributed by atoms with Crippen molar-refractivity contribution >= 4 is 33.6 Å². The number of carboxylic acids is 1. The Hall–Kier alpha value is -1.56. The van der Waals surface area contributed by atoms with E-state index >= 15 is 0 Å². The van der Waals surface area contributed by atoms with Crippen molar-refractivity contribution in [3.63, 3.8) is 0 Å². The van der Waals surface area contributed by atoms with Crippen molar-refractivity contribution in [3.05, 3.63) is 28.2 Å². The van der Waals surface area contributed by atoms with Gasteiger partial charge in [-0.1, -0.05) is 35.3 Å². The Bertz CT molecular complexity index is 477. The number of nitrogens with one attached hydrogen (secondary N) is 2. The van der Waals surface area contributed by atoms with E-state index in [-0.39, 0.29) is 0 Å². The average Bonchev–Trinajstić information content (AvgIpc) is 2.33. The van der Waals surface area contributed by atoms with Crippen LogP contribution in [0.25, 0.3) is 0 Å². The molecular formula is C13H17BrN2O3. The summed E-state index contributed by atoms with van der Waals surface area (Å²) in [5.41, 5.74) is 1.66. The standard InChI is InChI=1S/C13H17BrN2O3/c1-3-4-11(12(17)18)16-13(19)15-9-6-5-8(2)10(14)7-9/h5-7,11H,3-4H2,1-2H3,(H,17,18)(H2,15,16,19)/t11-/m1/s1. The van der Waals surface area contributed by atoms with Gasteiger partial charge in [0.1, 0.15) is 6.04 Å². The van der Waals surface area contributed by atoms with Crippen LogP contribution in [0.4, 0.5) is 10.5 Å². The molecule has 1 aromatic carbocycles. The van der Waals surface area contributed by atoms with E-state index in [1.165, 1.54) is 0 Å². The van der Waals surface area contributed by atoms with Crippen LogP contribution < -0.4 is 10.6 Å². The lowest BCUT2D eigenvalue weighted by molar-refractivity contribution is -0.139. The summed E-state index contributed by atoms with van der Waals surface area (Å²) in [7, 11) is 0. The topological polar surface area (TPSA) is 78.4 Å². The monoisotopic (exact) mass is 328 g/mol. The number of anilines is 1. The summed E-state index contributed by atoms with van der Waals surface area (Å²) in [6, 6.07) is 4.01. The first-order valence-corrected chi connectivity index (χ1v) is 6.79. The van der Waals surface area contributed by atoms with Crippen LogP contribution in [-0.2, 0) is 4.79 Å². The highest BCUT2D eigenvalue weighted by atomic mass is 79.9. The first-order valence-electron chi connectivity index (χ1n) is 6.00. The molecule has 1 aromatic rings. The first kappa shape index (κ1) is 15.5. The summed E-state index contributed by atoms with van der Waals surface area (Å²) in [4.78, 5) is 22.6. The number of carbonyl (C=O) groups excluding carboxylic acids is 1. The highest BCUT2D eigenvalue weighted by molar-refractivity contribution is 9.10. The number of carbonyl (C=O) groups is 2. The molecule has 0 heterocycles. The second kappa shape index (κ2) is 7.13. The molecule has 0 aliphatic rings. The van der Waals surface area contributed by atoms with Gasteiger partial charge in [-0.3, -0.25) is 0 Å². The van der Waals surface area contributed by atoms with Crippen molar-refractivity contribution in [2.75, 3.05) is 5.32 Å². The predicted molar refractivity (Wildman–Crippen MR) is 77.4 cm³/mol. The fourth-order valence-corrected chi connectivity index (χ4v) is 1.92. The van der Waals surface area contributed by atoms with Crippen LogP contribution in [0.15, 0.2) is 22.7 Å². The molecule has 0 saturated heterocycles. The molecule has 6 heteroatoms. The maximum absolute atomic E-state index is 11.7. The van der Waals surface area contributed by atoms with E-state index in [2.05, 4.69) is 26.6 Å². The van der Waals surface area contributed by atoms with Gasteiger partial charge in [-0.05, 0) is 31.0 Å². The quantitative estimate of drug-likeness (QED) is 0.776. The third-order valence-corrected chi connectivity index (χ3v) is 3.46. The number of hydrogen-bond acceptors (Lipinski definition) is 2. The molecule has 0 saturated carbocycles. The van der Waals surface area contributed by atoms with Crippen molar-refractivity contribution in [1.82, 2.24) is 5.32 Å². The molecule has 3 N–H and O–H groups in total. The van der Waals surface area contributed by atoms with Crippen LogP contribution in [0.3, 0.4) is 0 Å². The van der Waals surface area contributed by atoms with Gasteiger partial charge in [-0.15, -0.1) is 0 Å². The zero-order valence-corrected chi connectivity index (χ0v) is 12.5. The molecule has 0 unspecified atom stereocenters. The number of aliphatic carboxylic acids is 1. The molecule has 0 aliphatic heterocycles. The molecule has 0 radical (unpaired) electrons. The van der Waals surface area contributed by atoms with Crippen LogP contribution >= 0.6 is 15.9 Å². The fourth-order valence-electron chi connectivity index (χ4n) is 1.54. The van der Waals surface area contributed by atoms with E-state index in [0.717, 1.165) is 10.0 Å². The van der Waals surface area contributed by atoms with Crippen LogP contribution in [-0.4, -0.2) is 23.1 Å². The Morgan fingerprint density at radius 2 is 2.11 bits per heavy atom. The Kier molecular flexibility index (Phi) is 5.82. The highest BCUT2D eigenvalue weighted by Gasteiger charge is 2.18. The molecule has 0 aliphatic carbocycles. The predicted octanol–water partition coefficient (Wildman–Crippen LogP) is 3.13. The molecule has 2 amide bonds. The molecule has 104 valence electrons. The Morgan fingerprint density at radius 3 is 2.63 bits per heavy atom. The van der Waals surface area contributed by atoms with Gasteiger partial charge in [0.25, 0.3) is 0 Å². The lowest BCUT2D eigenvalue weighted by Crippen LogP contribution is -2.42. The second-order valence-corrected chi connectivity index (χ2v) is 5.10. The van der Waals surface area contributed by atoms with Gasteiger partial charge in [0.05, 0.1) is 0 Å². The maximum atomic E-state index is 11.7. The molecule has 0 aromatic heterocycles. The summed E-state index contributed by atoms with van der Waals surface area (Å²) in [5, 5.41) is 14.0. The number of rotatable bonds is 5. The van der Waals surface area contributed by atoms with Gasteiger partial charge in [-0.2, -0.15) is 0 Å². The number of carboxylic acid groups (broad SMARTS) is 1. The van der Waals surface area contributed by atoms with Gasteiger partial charge in [0.15, 0.2) is 0 Å². The number of urea groups is 1. The minimum atomic E-state index is -1.03.